The number of hydrogen-bond donors (Lipinski definition) is 0. The summed E-state index contributed by atoms with van der Waals surface area (Å²) in [5.41, 5.74) is 0.891. The summed E-state index contributed by atoms with van der Waals surface area (Å²) >= 11 is 6.17. The van der Waals surface area contributed by atoms with E-state index in [4.69, 9.17) is 11.6 Å². The molecule has 1 aromatic rings. The molecule has 1 amide bonds. The molecule has 0 N–H and O–H groups in total. The minimum atomic E-state index is -3.25. The van der Waals surface area contributed by atoms with E-state index in [1.807, 2.05) is 33.8 Å². The first-order chi connectivity index (χ1) is 10.0. The second kappa shape index (κ2) is 5.70. The minimum Gasteiger partial charge on any atom is -0.304 e. The summed E-state index contributed by atoms with van der Waals surface area (Å²) in [5, 5.41) is 1.73. The SMILES string of the molecule is Cc1ccc(N(C(=O)C(C)(C)C)C2C=CS(=O)(=O)C2)cc1Cl. The number of halogens is 1. The van der Waals surface area contributed by atoms with Gasteiger partial charge >= 0.3 is 0 Å². The van der Waals surface area contributed by atoms with Crippen molar-refractivity contribution >= 4 is 33.0 Å². The molecule has 120 valence electrons. The van der Waals surface area contributed by atoms with Crippen LogP contribution >= 0.6 is 11.6 Å². The van der Waals surface area contributed by atoms with Gasteiger partial charge in [-0.3, -0.25) is 4.79 Å². The molecule has 0 saturated carbocycles. The molecule has 2 rings (SSSR count). The second-order valence-electron chi connectivity index (χ2n) is 6.58. The third kappa shape index (κ3) is 3.52. The molecular formula is C16H20ClNO3S. The van der Waals surface area contributed by atoms with Crippen LogP contribution in [0.25, 0.3) is 0 Å². The summed E-state index contributed by atoms with van der Waals surface area (Å²) in [5.74, 6) is -0.237. The molecule has 0 fully saturated rings. The Kier molecular flexibility index (Phi) is 4.42. The van der Waals surface area contributed by atoms with Crippen LogP contribution in [-0.4, -0.2) is 26.1 Å². The molecule has 6 heteroatoms. The van der Waals surface area contributed by atoms with Crippen LogP contribution in [0.4, 0.5) is 5.69 Å². The number of amides is 1. The van der Waals surface area contributed by atoms with Crippen LogP contribution in [0.1, 0.15) is 26.3 Å². The zero-order chi connectivity index (χ0) is 16.7. The lowest BCUT2D eigenvalue weighted by Crippen LogP contribution is -2.46. The Morgan fingerprint density at radius 3 is 2.41 bits per heavy atom. The van der Waals surface area contributed by atoms with E-state index >= 15 is 0 Å². The molecule has 0 aliphatic carbocycles. The van der Waals surface area contributed by atoms with Crippen molar-refractivity contribution in [1.82, 2.24) is 0 Å². The van der Waals surface area contributed by atoms with Gasteiger partial charge in [-0.15, -0.1) is 0 Å². The van der Waals surface area contributed by atoms with E-state index < -0.39 is 21.3 Å². The molecule has 1 aromatic carbocycles. The topological polar surface area (TPSA) is 54.5 Å². The average molecular weight is 342 g/mol. The van der Waals surface area contributed by atoms with E-state index in [0.29, 0.717) is 10.7 Å². The molecular weight excluding hydrogens is 322 g/mol. The van der Waals surface area contributed by atoms with Gasteiger partial charge in [-0.2, -0.15) is 0 Å². The predicted octanol–water partition coefficient (Wildman–Crippen LogP) is 3.34. The average Bonchev–Trinajstić information content (AvgIpc) is 2.73. The van der Waals surface area contributed by atoms with Crippen LogP contribution in [0, 0.1) is 12.3 Å². The molecule has 0 radical (unpaired) electrons. The van der Waals surface area contributed by atoms with Crippen LogP contribution < -0.4 is 4.90 Å². The van der Waals surface area contributed by atoms with Gasteiger partial charge in [-0.25, -0.2) is 8.42 Å². The first-order valence-corrected chi connectivity index (χ1v) is 9.11. The van der Waals surface area contributed by atoms with Crippen molar-refractivity contribution in [3.8, 4) is 0 Å². The Labute approximate surface area is 136 Å². The molecule has 0 saturated heterocycles. The maximum Gasteiger partial charge on any atom is 0.232 e. The van der Waals surface area contributed by atoms with E-state index in [2.05, 4.69) is 0 Å². The third-order valence-corrected chi connectivity index (χ3v) is 5.32. The van der Waals surface area contributed by atoms with Gasteiger partial charge in [0.2, 0.25) is 5.91 Å². The van der Waals surface area contributed by atoms with E-state index in [-0.39, 0.29) is 11.7 Å². The van der Waals surface area contributed by atoms with Crippen LogP contribution in [0.15, 0.2) is 29.7 Å². The van der Waals surface area contributed by atoms with E-state index in [1.54, 1.807) is 18.2 Å². The summed E-state index contributed by atoms with van der Waals surface area (Å²) in [4.78, 5) is 14.3. The van der Waals surface area contributed by atoms with Crippen molar-refractivity contribution in [2.45, 2.75) is 33.7 Å². The summed E-state index contributed by atoms with van der Waals surface area (Å²) in [7, 11) is -3.25. The van der Waals surface area contributed by atoms with Crippen molar-refractivity contribution in [1.29, 1.82) is 0 Å². The highest BCUT2D eigenvalue weighted by Gasteiger charge is 2.36. The molecule has 4 nitrogen and oxygen atoms in total. The van der Waals surface area contributed by atoms with Gasteiger partial charge in [0, 0.05) is 21.5 Å². The molecule has 1 unspecified atom stereocenters. The summed E-state index contributed by atoms with van der Waals surface area (Å²) in [6.45, 7) is 7.31. The first kappa shape index (κ1) is 17.0. The Bertz CT molecular complexity index is 732. The van der Waals surface area contributed by atoms with Crippen LogP contribution in [-0.2, 0) is 14.6 Å². The van der Waals surface area contributed by atoms with Gasteiger partial charge in [-0.1, -0.05) is 38.4 Å². The Balaban J connectivity index is 2.49. The van der Waals surface area contributed by atoms with Gasteiger partial charge in [0.15, 0.2) is 9.84 Å². The molecule has 22 heavy (non-hydrogen) atoms. The monoisotopic (exact) mass is 341 g/mol. The van der Waals surface area contributed by atoms with Crippen molar-refractivity contribution < 1.29 is 13.2 Å². The number of benzene rings is 1. The van der Waals surface area contributed by atoms with Crippen molar-refractivity contribution in [3.63, 3.8) is 0 Å². The van der Waals surface area contributed by atoms with Crippen molar-refractivity contribution in [3.05, 3.63) is 40.3 Å². The summed E-state index contributed by atoms with van der Waals surface area (Å²) < 4.78 is 23.4. The van der Waals surface area contributed by atoms with Gasteiger partial charge in [0.1, 0.15) is 0 Å². The Hall–Kier alpha value is -1.33. The highest BCUT2D eigenvalue weighted by Crippen LogP contribution is 2.31. The zero-order valence-electron chi connectivity index (χ0n) is 13.1. The fourth-order valence-electron chi connectivity index (χ4n) is 2.27. The lowest BCUT2D eigenvalue weighted by Gasteiger charge is -2.33. The smallest absolute Gasteiger partial charge is 0.232 e. The zero-order valence-corrected chi connectivity index (χ0v) is 14.7. The fourth-order valence-corrected chi connectivity index (χ4v) is 3.72. The molecule has 1 aliphatic rings. The molecule has 0 spiro atoms. The van der Waals surface area contributed by atoms with Crippen molar-refractivity contribution in [2.24, 2.45) is 5.41 Å². The number of carbonyl (C=O) groups excluding carboxylic acids is 1. The van der Waals surface area contributed by atoms with Gasteiger partial charge in [0.05, 0.1) is 11.8 Å². The largest absolute Gasteiger partial charge is 0.304 e. The highest BCUT2D eigenvalue weighted by atomic mass is 35.5. The molecule has 1 atom stereocenters. The van der Waals surface area contributed by atoms with Gasteiger partial charge in [-0.05, 0) is 30.7 Å². The van der Waals surface area contributed by atoms with E-state index in [1.165, 1.54) is 10.3 Å². The molecule has 0 bridgehead atoms. The number of nitrogens with zero attached hydrogens (tertiary/aromatic N) is 1. The lowest BCUT2D eigenvalue weighted by molar-refractivity contribution is -0.126. The van der Waals surface area contributed by atoms with E-state index in [9.17, 15) is 13.2 Å². The van der Waals surface area contributed by atoms with Crippen LogP contribution in [0.5, 0.6) is 0 Å². The lowest BCUT2D eigenvalue weighted by atomic mass is 9.93. The minimum absolute atomic E-state index is 0.0969. The van der Waals surface area contributed by atoms with Crippen LogP contribution in [0.2, 0.25) is 5.02 Å². The van der Waals surface area contributed by atoms with Crippen LogP contribution in [0.3, 0.4) is 0 Å². The first-order valence-electron chi connectivity index (χ1n) is 7.02. The number of anilines is 1. The Morgan fingerprint density at radius 1 is 1.32 bits per heavy atom. The van der Waals surface area contributed by atoms with Crippen molar-refractivity contribution in [2.75, 3.05) is 10.7 Å². The fraction of sp³-hybridized carbons (Fsp3) is 0.438. The normalized spacial score (nSPS) is 20.1. The van der Waals surface area contributed by atoms with Gasteiger partial charge < -0.3 is 4.90 Å². The molecule has 1 heterocycles. The summed E-state index contributed by atoms with van der Waals surface area (Å²) in [6, 6.07) is 4.83. The quantitative estimate of drug-likeness (QED) is 0.829. The molecule has 0 aromatic heterocycles. The summed E-state index contributed by atoms with van der Waals surface area (Å²) in [6.07, 6.45) is 1.56. The van der Waals surface area contributed by atoms with E-state index in [0.717, 1.165) is 5.56 Å². The van der Waals surface area contributed by atoms with Gasteiger partial charge in [0.25, 0.3) is 0 Å². The number of rotatable bonds is 2. The maximum atomic E-state index is 12.8. The predicted molar refractivity (Wildman–Crippen MR) is 89.8 cm³/mol. The highest BCUT2D eigenvalue weighted by molar-refractivity contribution is 7.94. The number of aryl methyl sites for hydroxylation is 1. The third-order valence-electron chi connectivity index (χ3n) is 3.54. The number of sulfone groups is 1. The standard InChI is InChI=1S/C16H20ClNO3S/c1-11-5-6-12(9-14(11)17)18(15(19)16(2,3)4)13-7-8-22(20,21)10-13/h5-9,13H,10H2,1-4H3. The molecule has 1 aliphatic heterocycles. The maximum absolute atomic E-state index is 12.8. The second-order valence-corrected chi connectivity index (χ2v) is 8.92. The Morgan fingerprint density at radius 2 is 1.95 bits per heavy atom. The number of carbonyl (C=O) groups is 1. The number of hydrogen-bond acceptors (Lipinski definition) is 3.